The fourth-order valence-electron chi connectivity index (χ4n) is 8.75. The number of rotatable bonds is 49. The van der Waals surface area contributed by atoms with Crippen LogP contribution in [-0.2, 0) is 23.8 Å². The van der Waals surface area contributed by atoms with Crippen molar-refractivity contribution in [2.45, 2.75) is 272 Å². The zero-order valence-electron chi connectivity index (χ0n) is 41.6. The van der Waals surface area contributed by atoms with E-state index in [-0.39, 0.29) is 11.9 Å². The van der Waals surface area contributed by atoms with E-state index in [1.807, 2.05) is 0 Å². The van der Waals surface area contributed by atoms with Crippen LogP contribution < -0.4 is 0 Å². The van der Waals surface area contributed by atoms with Gasteiger partial charge in [0.15, 0.2) is 0 Å². The van der Waals surface area contributed by atoms with Crippen molar-refractivity contribution in [1.29, 1.82) is 0 Å². The number of hydrogen-bond donors (Lipinski definition) is 0. The maximum absolute atomic E-state index is 12.4. The highest BCUT2D eigenvalue weighted by Gasteiger charge is 2.13. The molecule has 0 radical (unpaired) electrons. The summed E-state index contributed by atoms with van der Waals surface area (Å²) >= 11 is 0. The summed E-state index contributed by atoms with van der Waals surface area (Å²) in [6.45, 7) is 16.5. The smallest absolute Gasteiger partial charge is 0.305 e. The topological polar surface area (TPSA) is 65.1 Å². The molecule has 60 heavy (non-hydrogen) atoms. The van der Waals surface area contributed by atoms with Crippen LogP contribution in [0.3, 0.4) is 0 Å². The predicted molar refractivity (Wildman–Crippen MR) is 260 cm³/mol. The van der Waals surface area contributed by atoms with Crippen LogP contribution in [0.5, 0.6) is 0 Å². The Labute approximate surface area is 376 Å². The van der Waals surface area contributed by atoms with Gasteiger partial charge in [0.05, 0.1) is 13.2 Å². The Balaban J connectivity index is 4.17. The number of nitrogens with zero attached hydrogens (tertiary/aromatic N) is 1. The van der Waals surface area contributed by atoms with Gasteiger partial charge >= 0.3 is 11.9 Å². The number of ether oxygens (including phenoxy) is 3. The number of esters is 2. The van der Waals surface area contributed by atoms with E-state index in [4.69, 9.17) is 14.2 Å². The molecule has 0 rings (SSSR count). The van der Waals surface area contributed by atoms with Crippen molar-refractivity contribution in [3.8, 4) is 0 Å². The summed E-state index contributed by atoms with van der Waals surface area (Å²) in [5.74, 6) is 2.15. The van der Waals surface area contributed by atoms with Gasteiger partial charge in [-0.25, -0.2) is 0 Å². The molecule has 0 spiro atoms. The minimum Gasteiger partial charge on any atom is -0.466 e. The van der Waals surface area contributed by atoms with Crippen LogP contribution in [0.25, 0.3) is 0 Å². The molecule has 0 bridgehead atoms. The lowest BCUT2D eigenvalue weighted by Crippen LogP contribution is -2.20. The van der Waals surface area contributed by atoms with Crippen LogP contribution in [0.2, 0.25) is 0 Å². The highest BCUT2D eigenvalue weighted by atomic mass is 16.5. The summed E-state index contributed by atoms with van der Waals surface area (Å²) in [5.41, 5.74) is 0. The lowest BCUT2D eigenvalue weighted by atomic mass is 9.92. The third-order valence-corrected chi connectivity index (χ3v) is 13.2. The second-order valence-corrected chi connectivity index (χ2v) is 19.0. The molecule has 0 amide bonds. The molecular weight excluding hydrogens is 743 g/mol. The van der Waals surface area contributed by atoms with Crippen molar-refractivity contribution >= 4 is 11.9 Å². The molecule has 0 saturated heterocycles. The fraction of sp³-hybridized carbons (Fsp3) is 0.963. The van der Waals surface area contributed by atoms with Gasteiger partial charge in [-0.3, -0.25) is 9.59 Å². The molecular formula is C54H107NO5. The minimum atomic E-state index is 0.0140. The van der Waals surface area contributed by atoms with Crippen LogP contribution in [-0.4, -0.2) is 63.4 Å². The van der Waals surface area contributed by atoms with E-state index >= 15 is 0 Å². The first-order valence-electron chi connectivity index (χ1n) is 27.0. The zero-order chi connectivity index (χ0) is 44.0. The molecule has 0 saturated carbocycles. The molecule has 0 atom stereocenters. The zero-order valence-corrected chi connectivity index (χ0v) is 41.6. The standard InChI is InChI=1S/C54H107NO5/c1-7-12-26-35-50(36-27-13-8-2)43-47-59-53(56)41-32-24-20-16-18-22-30-39-52(49-58-46-34-45-55(6)11-5)40-31-23-19-17-21-25-33-42-54(57)60-48-44-51(37-28-14-9-3)38-29-15-10-4/h50-52H,7-49H2,1-6H3. The molecule has 6 heteroatoms. The van der Waals surface area contributed by atoms with Crippen molar-refractivity contribution in [2.75, 3.05) is 46.6 Å². The molecule has 6 nitrogen and oxygen atoms in total. The van der Waals surface area contributed by atoms with Gasteiger partial charge in [0.25, 0.3) is 0 Å². The Kier molecular flexibility index (Phi) is 46.4. The van der Waals surface area contributed by atoms with E-state index in [1.165, 1.54) is 180 Å². The van der Waals surface area contributed by atoms with Gasteiger partial charge in [-0.05, 0) is 76.3 Å². The van der Waals surface area contributed by atoms with Crippen LogP contribution in [0, 0.1) is 17.8 Å². The highest BCUT2D eigenvalue weighted by Crippen LogP contribution is 2.24. The largest absolute Gasteiger partial charge is 0.466 e. The van der Waals surface area contributed by atoms with Gasteiger partial charge in [0, 0.05) is 32.6 Å². The first kappa shape index (κ1) is 58.9. The van der Waals surface area contributed by atoms with Crippen molar-refractivity contribution in [1.82, 2.24) is 4.90 Å². The van der Waals surface area contributed by atoms with Crippen molar-refractivity contribution in [2.24, 2.45) is 17.8 Å². The van der Waals surface area contributed by atoms with E-state index in [2.05, 4.69) is 46.6 Å². The Morgan fingerprint density at radius 2 is 0.717 bits per heavy atom. The summed E-state index contributed by atoms with van der Waals surface area (Å²) < 4.78 is 17.5. The first-order valence-corrected chi connectivity index (χ1v) is 27.0. The van der Waals surface area contributed by atoms with Gasteiger partial charge in [0.2, 0.25) is 0 Å². The third-order valence-electron chi connectivity index (χ3n) is 13.2. The van der Waals surface area contributed by atoms with Crippen LogP contribution in [0.4, 0.5) is 0 Å². The molecule has 0 aliphatic rings. The summed E-state index contributed by atoms with van der Waals surface area (Å²) in [5, 5.41) is 0. The van der Waals surface area contributed by atoms with Crippen LogP contribution in [0.1, 0.15) is 272 Å². The van der Waals surface area contributed by atoms with E-state index in [0.29, 0.717) is 32.0 Å². The van der Waals surface area contributed by atoms with E-state index in [1.54, 1.807) is 0 Å². The summed E-state index contributed by atoms with van der Waals surface area (Å²) in [4.78, 5) is 27.1. The monoisotopic (exact) mass is 850 g/mol. The van der Waals surface area contributed by atoms with E-state index < -0.39 is 0 Å². The summed E-state index contributed by atoms with van der Waals surface area (Å²) in [7, 11) is 2.19. The Hall–Kier alpha value is -1.14. The molecule has 0 aliphatic carbocycles. The third kappa shape index (κ3) is 42.2. The Morgan fingerprint density at radius 1 is 0.383 bits per heavy atom. The van der Waals surface area contributed by atoms with Gasteiger partial charge in [-0.15, -0.1) is 0 Å². The van der Waals surface area contributed by atoms with Gasteiger partial charge < -0.3 is 19.1 Å². The minimum absolute atomic E-state index is 0.0140. The lowest BCUT2D eigenvalue weighted by Gasteiger charge is -2.18. The molecule has 0 heterocycles. The number of hydrogen-bond acceptors (Lipinski definition) is 6. The van der Waals surface area contributed by atoms with E-state index in [9.17, 15) is 9.59 Å². The summed E-state index contributed by atoms with van der Waals surface area (Å²) in [6, 6.07) is 0. The first-order chi connectivity index (χ1) is 29.4. The number of carbonyl (C=O) groups is 2. The normalized spacial score (nSPS) is 11.8. The number of unbranched alkanes of at least 4 members (excludes halogenated alkanes) is 20. The fourth-order valence-corrected chi connectivity index (χ4v) is 8.75. The quantitative estimate of drug-likeness (QED) is 0.0449. The molecule has 0 aromatic carbocycles. The molecule has 358 valence electrons. The summed E-state index contributed by atoms with van der Waals surface area (Å²) in [6.07, 6.45) is 44.8. The number of carbonyl (C=O) groups excluding carboxylic acids is 2. The average Bonchev–Trinajstić information content (AvgIpc) is 3.24. The molecule has 0 aromatic heterocycles. The molecule has 0 N–H and O–H groups in total. The van der Waals surface area contributed by atoms with Crippen molar-refractivity contribution < 1.29 is 23.8 Å². The van der Waals surface area contributed by atoms with E-state index in [0.717, 1.165) is 83.1 Å². The average molecular weight is 850 g/mol. The van der Waals surface area contributed by atoms with Gasteiger partial charge in [-0.1, -0.05) is 214 Å². The van der Waals surface area contributed by atoms with Crippen molar-refractivity contribution in [3.05, 3.63) is 0 Å². The SMILES string of the molecule is CCCCCC(CCCCC)CCOC(=O)CCCCCCCCCC(CCCCCCCCCC(=O)OCCC(CCCCC)CCCCC)COCCCN(C)CC. The molecule has 0 aliphatic heterocycles. The van der Waals surface area contributed by atoms with Crippen LogP contribution >= 0.6 is 0 Å². The molecule has 0 unspecified atom stereocenters. The van der Waals surface area contributed by atoms with Crippen LogP contribution in [0.15, 0.2) is 0 Å². The predicted octanol–water partition coefficient (Wildman–Crippen LogP) is 16.4. The molecule has 0 fully saturated rings. The Bertz CT molecular complexity index is 802. The maximum Gasteiger partial charge on any atom is 0.305 e. The van der Waals surface area contributed by atoms with Gasteiger partial charge in [-0.2, -0.15) is 0 Å². The molecule has 0 aromatic rings. The maximum atomic E-state index is 12.4. The second-order valence-electron chi connectivity index (χ2n) is 19.0. The second kappa shape index (κ2) is 47.3. The van der Waals surface area contributed by atoms with Crippen molar-refractivity contribution in [3.63, 3.8) is 0 Å². The lowest BCUT2D eigenvalue weighted by molar-refractivity contribution is -0.145. The Morgan fingerprint density at radius 3 is 1.08 bits per heavy atom. The highest BCUT2D eigenvalue weighted by molar-refractivity contribution is 5.69. The van der Waals surface area contributed by atoms with Gasteiger partial charge in [0.1, 0.15) is 0 Å².